The van der Waals surface area contributed by atoms with E-state index in [1.54, 1.807) is 11.8 Å². The van der Waals surface area contributed by atoms with E-state index in [2.05, 4.69) is 20.9 Å². The molecule has 118 valence electrons. The fourth-order valence-corrected chi connectivity index (χ4v) is 2.01. The van der Waals surface area contributed by atoms with Gasteiger partial charge in [-0.3, -0.25) is 4.79 Å². The third kappa shape index (κ3) is 5.43. The summed E-state index contributed by atoms with van der Waals surface area (Å²) in [7, 11) is 1.65. The summed E-state index contributed by atoms with van der Waals surface area (Å²) < 4.78 is 6.56. The summed E-state index contributed by atoms with van der Waals surface area (Å²) in [5, 5.41) is 14.4. The van der Waals surface area contributed by atoms with Gasteiger partial charge < -0.3 is 15.4 Å². The van der Waals surface area contributed by atoms with Crippen LogP contribution in [0.3, 0.4) is 0 Å². The van der Waals surface area contributed by atoms with E-state index in [9.17, 15) is 4.79 Å². The Balaban J connectivity index is 1.71. The van der Waals surface area contributed by atoms with Crippen molar-refractivity contribution in [3.8, 4) is 0 Å². The van der Waals surface area contributed by atoms with Gasteiger partial charge in [-0.05, 0) is 38.6 Å². The summed E-state index contributed by atoms with van der Waals surface area (Å²) in [5.74, 6) is 0.797. The van der Waals surface area contributed by atoms with Crippen molar-refractivity contribution in [2.75, 3.05) is 26.8 Å². The highest BCUT2D eigenvalue weighted by atomic mass is 16.5. The summed E-state index contributed by atoms with van der Waals surface area (Å²) in [4.78, 5) is 12.0. The van der Waals surface area contributed by atoms with E-state index in [1.807, 2.05) is 13.1 Å². The van der Waals surface area contributed by atoms with E-state index in [1.165, 1.54) is 12.8 Å². The molecule has 21 heavy (non-hydrogen) atoms. The molecule has 0 saturated heterocycles. The quantitative estimate of drug-likeness (QED) is 0.614. The number of amides is 1. The van der Waals surface area contributed by atoms with Crippen molar-refractivity contribution >= 4 is 5.91 Å². The van der Waals surface area contributed by atoms with Crippen LogP contribution in [0.25, 0.3) is 0 Å². The molecule has 2 rings (SSSR count). The largest absolute Gasteiger partial charge is 0.385 e. The normalized spacial score (nSPS) is 15.9. The Labute approximate surface area is 125 Å². The smallest absolute Gasteiger partial charge is 0.244 e. The summed E-state index contributed by atoms with van der Waals surface area (Å²) in [5.41, 5.74) is 0.870. The zero-order valence-corrected chi connectivity index (χ0v) is 12.8. The Morgan fingerprint density at radius 1 is 1.57 bits per heavy atom. The number of rotatable bonds is 10. The van der Waals surface area contributed by atoms with Gasteiger partial charge in [-0.25, -0.2) is 4.68 Å². The maximum atomic E-state index is 12.0. The molecule has 1 atom stereocenters. The number of methoxy groups -OCH3 is 1. The number of hydrogen-bond donors (Lipinski definition) is 2. The van der Waals surface area contributed by atoms with E-state index in [0.717, 1.165) is 24.6 Å². The highest BCUT2D eigenvalue weighted by Crippen LogP contribution is 2.27. The molecular formula is C14H25N5O2. The standard InChI is InChI=1S/C14H25N5O2/c1-11(14(20)16-6-3-7-21-2)19-10-13(17-18-19)9-15-8-12-4-5-12/h10-12,15H,3-9H2,1-2H3,(H,16,20). The molecule has 1 saturated carbocycles. The van der Waals surface area contributed by atoms with Crippen LogP contribution in [0.5, 0.6) is 0 Å². The van der Waals surface area contributed by atoms with Gasteiger partial charge in [-0.2, -0.15) is 0 Å². The van der Waals surface area contributed by atoms with E-state index in [-0.39, 0.29) is 11.9 Å². The molecule has 1 aromatic rings. The average Bonchev–Trinajstić information content (AvgIpc) is 3.19. The zero-order chi connectivity index (χ0) is 15.1. The minimum Gasteiger partial charge on any atom is -0.385 e. The maximum absolute atomic E-state index is 12.0. The van der Waals surface area contributed by atoms with Crippen LogP contribution in [-0.2, 0) is 16.1 Å². The molecule has 7 heteroatoms. The van der Waals surface area contributed by atoms with Crippen LogP contribution in [0.1, 0.15) is 37.9 Å². The van der Waals surface area contributed by atoms with Crippen molar-refractivity contribution in [2.24, 2.45) is 5.92 Å². The summed E-state index contributed by atoms with van der Waals surface area (Å²) in [6, 6.07) is -0.350. The lowest BCUT2D eigenvalue weighted by Gasteiger charge is -2.11. The Morgan fingerprint density at radius 2 is 2.38 bits per heavy atom. The Bertz CT molecular complexity index is 444. The molecule has 1 heterocycles. The Hall–Kier alpha value is -1.47. The highest BCUT2D eigenvalue weighted by Gasteiger charge is 2.20. The van der Waals surface area contributed by atoms with Crippen LogP contribution in [0.4, 0.5) is 0 Å². The number of hydrogen-bond acceptors (Lipinski definition) is 5. The average molecular weight is 295 g/mol. The van der Waals surface area contributed by atoms with Crippen molar-refractivity contribution in [1.29, 1.82) is 0 Å². The van der Waals surface area contributed by atoms with Gasteiger partial charge in [0.2, 0.25) is 5.91 Å². The third-order valence-corrected chi connectivity index (χ3v) is 3.59. The minimum atomic E-state index is -0.350. The lowest BCUT2D eigenvalue weighted by molar-refractivity contribution is -0.124. The third-order valence-electron chi connectivity index (χ3n) is 3.59. The van der Waals surface area contributed by atoms with Crippen molar-refractivity contribution < 1.29 is 9.53 Å². The lowest BCUT2D eigenvalue weighted by Crippen LogP contribution is -2.32. The second-order valence-corrected chi connectivity index (χ2v) is 5.58. The van der Waals surface area contributed by atoms with Crippen molar-refractivity contribution in [3.63, 3.8) is 0 Å². The molecule has 0 bridgehead atoms. The van der Waals surface area contributed by atoms with Gasteiger partial charge >= 0.3 is 0 Å². The topological polar surface area (TPSA) is 81.1 Å². The molecule has 1 aliphatic carbocycles. The zero-order valence-electron chi connectivity index (χ0n) is 12.8. The molecule has 0 spiro atoms. The van der Waals surface area contributed by atoms with Crippen LogP contribution < -0.4 is 10.6 Å². The molecule has 0 aliphatic heterocycles. The number of aromatic nitrogens is 3. The number of nitrogens with zero attached hydrogens (tertiary/aromatic N) is 3. The van der Waals surface area contributed by atoms with E-state index < -0.39 is 0 Å². The van der Waals surface area contributed by atoms with Gasteiger partial charge in [-0.1, -0.05) is 5.21 Å². The molecule has 0 aromatic carbocycles. The Morgan fingerprint density at radius 3 is 3.10 bits per heavy atom. The van der Waals surface area contributed by atoms with Crippen LogP contribution in [0.2, 0.25) is 0 Å². The second kappa shape index (κ2) is 8.09. The Kier molecular flexibility index (Phi) is 6.13. The fourth-order valence-electron chi connectivity index (χ4n) is 2.01. The predicted molar refractivity (Wildman–Crippen MR) is 78.7 cm³/mol. The van der Waals surface area contributed by atoms with Gasteiger partial charge in [0.25, 0.3) is 0 Å². The van der Waals surface area contributed by atoms with Crippen LogP contribution in [-0.4, -0.2) is 47.7 Å². The van der Waals surface area contributed by atoms with Crippen LogP contribution in [0.15, 0.2) is 6.20 Å². The van der Waals surface area contributed by atoms with Gasteiger partial charge in [0.1, 0.15) is 6.04 Å². The monoisotopic (exact) mass is 295 g/mol. The molecule has 7 nitrogen and oxygen atoms in total. The van der Waals surface area contributed by atoms with Gasteiger partial charge in [0.15, 0.2) is 0 Å². The summed E-state index contributed by atoms with van der Waals surface area (Å²) in [6.45, 7) is 4.83. The lowest BCUT2D eigenvalue weighted by atomic mass is 10.3. The van der Waals surface area contributed by atoms with Crippen molar-refractivity contribution in [1.82, 2.24) is 25.6 Å². The second-order valence-electron chi connectivity index (χ2n) is 5.58. The molecular weight excluding hydrogens is 270 g/mol. The first-order valence-electron chi connectivity index (χ1n) is 7.58. The predicted octanol–water partition coefficient (Wildman–Crippen LogP) is 0.491. The molecule has 1 aliphatic rings. The van der Waals surface area contributed by atoms with Gasteiger partial charge in [0.05, 0.1) is 11.9 Å². The summed E-state index contributed by atoms with van der Waals surface area (Å²) >= 11 is 0. The van der Waals surface area contributed by atoms with E-state index in [0.29, 0.717) is 19.7 Å². The number of ether oxygens (including phenoxy) is 1. The van der Waals surface area contributed by atoms with Gasteiger partial charge in [-0.15, -0.1) is 5.10 Å². The van der Waals surface area contributed by atoms with Crippen LogP contribution >= 0.6 is 0 Å². The number of carbonyl (C=O) groups excluding carboxylic acids is 1. The molecule has 2 N–H and O–H groups in total. The van der Waals surface area contributed by atoms with Gasteiger partial charge in [0, 0.05) is 26.8 Å². The van der Waals surface area contributed by atoms with E-state index in [4.69, 9.17) is 4.74 Å². The van der Waals surface area contributed by atoms with Crippen molar-refractivity contribution in [2.45, 2.75) is 38.8 Å². The first kappa shape index (κ1) is 15.9. The first-order chi connectivity index (χ1) is 10.2. The number of carbonyl (C=O) groups is 1. The number of nitrogens with one attached hydrogen (secondary N) is 2. The molecule has 1 aromatic heterocycles. The minimum absolute atomic E-state index is 0.0477. The SMILES string of the molecule is COCCCNC(=O)C(C)n1cc(CNCC2CC2)nn1. The van der Waals surface area contributed by atoms with Crippen LogP contribution in [0, 0.1) is 5.92 Å². The molecule has 1 amide bonds. The molecule has 0 radical (unpaired) electrons. The first-order valence-corrected chi connectivity index (χ1v) is 7.58. The fraction of sp³-hybridized carbons (Fsp3) is 0.786. The molecule has 1 fully saturated rings. The van der Waals surface area contributed by atoms with E-state index >= 15 is 0 Å². The maximum Gasteiger partial charge on any atom is 0.244 e. The molecule has 1 unspecified atom stereocenters. The summed E-state index contributed by atoms with van der Waals surface area (Å²) in [6.07, 6.45) is 5.31. The van der Waals surface area contributed by atoms with Crippen molar-refractivity contribution in [3.05, 3.63) is 11.9 Å². The highest BCUT2D eigenvalue weighted by molar-refractivity contribution is 5.79.